The van der Waals surface area contributed by atoms with E-state index in [1.54, 1.807) is 29.8 Å². The topological polar surface area (TPSA) is 119 Å². The highest BCUT2D eigenvalue weighted by Gasteiger charge is 2.65. The number of amides is 1. The van der Waals surface area contributed by atoms with E-state index in [-0.39, 0.29) is 44.2 Å². The quantitative estimate of drug-likeness (QED) is 0.0499. The summed E-state index contributed by atoms with van der Waals surface area (Å²) in [5.74, 6) is 0.379. The Morgan fingerprint density at radius 2 is 1.75 bits per heavy atom. The number of nitrogens with zero attached hydrogens (tertiary/aromatic N) is 2. The Bertz CT molecular complexity index is 1840. The molecule has 57 heavy (non-hydrogen) atoms. The Morgan fingerprint density at radius 3 is 2.44 bits per heavy atom. The summed E-state index contributed by atoms with van der Waals surface area (Å²) in [4.78, 5) is 22.9. The number of ether oxygens (including phenoxy) is 4. The molecule has 1 fully saturated rings. The third kappa shape index (κ3) is 9.54. The van der Waals surface area contributed by atoms with E-state index in [9.17, 15) is 15.0 Å². The fraction of sp³-hybridized carbons (Fsp3) is 0.478. The average molecular weight is 799 g/mol. The molecule has 3 aromatic rings. The molecule has 1 amide bonds. The Kier molecular flexibility index (Phi) is 15.2. The number of rotatable bonds is 20. The summed E-state index contributed by atoms with van der Waals surface area (Å²) in [6.07, 6.45) is 11.4. The van der Waals surface area contributed by atoms with Gasteiger partial charge in [-0.3, -0.25) is 4.90 Å². The van der Waals surface area contributed by atoms with E-state index < -0.39 is 23.8 Å². The van der Waals surface area contributed by atoms with Crippen LogP contribution < -0.4 is 9.47 Å². The Hall–Kier alpha value is -4.29. The molecule has 0 radical (unpaired) electrons. The molecule has 6 rings (SSSR count). The predicted molar refractivity (Wildman–Crippen MR) is 224 cm³/mol. The first-order valence-corrected chi connectivity index (χ1v) is 21.5. The number of unbranched alkanes of at least 4 members (excludes halogenated alkanes) is 2. The predicted octanol–water partition coefficient (Wildman–Crippen LogP) is 9.51. The van der Waals surface area contributed by atoms with Crippen LogP contribution in [0.2, 0.25) is 0 Å². The summed E-state index contributed by atoms with van der Waals surface area (Å²) in [6.45, 7) is 7.00. The molecule has 1 saturated carbocycles. The van der Waals surface area contributed by atoms with Crippen molar-refractivity contribution in [3.63, 3.8) is 0 Å². The minimum atomic E-state index is -1.35. The minimum absolute atomic E-state index is 0.0988. The van der Waals surface area contributed by atoms with Crippen LogP contribution in [0.1, 0.15) is 75.3 Å². The average Bonchev–Trinajstić information content (AvgIpc) is 3.23. The summed E-state index contributed by atoms with van der Waals surface area (Å²) >= 11 is 1.68. The van der Waals surface area contributed by atoms with Gasteiger partial charge >= 0.3 is 6.09 Å². The van der Waals surface area contributed by atoms with Gasteiger partial charge in [0, 0.05) is 42.6 Å². The lowest BCUT2D eigenvalue weighted by atomic mass is 9.55. The standard InChI is InChI=1S/C46H58N2O8S/c1-5-24-48(45(51)53-31-32-14-8-7-9-15-32)42-30-40(47-52-3)38-28-33(16-10-12-25-49)37(17-11-13-26-50)43-39-29-35(55-34-18-21-36(57-4)22-19-34)20-23-41(39)56-46(42,44(38)43)54-27-6-2/h6-9,14-15,18-23,28-29,33,37,42-44,49-50H,2,5,10-13,16-17,24-27,30-31H2,1,3-4H3/t33-,37+,42-,43+,44+,46+/m0/s1. The highest BCUT2D eigenvalue weighted by Crippen LogP contribution is 2.62. The highest BCUT2D eigenvalue weighted by atomic mass is 32.2. The van der Waals surface area contributed by atoms with Gasteiger partial charge in [-0.1, -0.05) is 67.4 Å². The number of benzene rings is 3. The van der Waals surface area contributed by atoms with Crippen molar-refractivity contribution in [3.05, 3.63) is 108 Å². The normalized spacial score (nSPS) is 24.1. The van der Waals surface area contributed by atoms with Gasteiger partial charge < -0.3 is 34.0 Å². The van der Waals surface area contributed by atoms with Gasteiger partial charge in [-0.05, 0) is 104 Å². The summed E-state index contributed by atoms with van der Waals surface area (Å²) in [7, 11) is 1.55. The van der Waals surface area contributed by atoms with Crippen molar-refractivity contribution < 1.29 is 38.8 Å². The molecular formula is C46H58N2O8S. The fourth-order valence-electron chi connectivity index (χ4n) is 9.02. The molecule has 1 aliphatic heterocycles. The van der Waals surface area contributed by atoms with Crippen LogP contribution in [0.15, 0.2) is 107 Å². The van der Waals surface area contributed by atoms with E-state index >= 15 is 0 Å². The number of aliphatic hydroxyl groups excluding tert-OH is 2. The maximum absolute atomic E-state index is 14.4. The molecule has 1 heterocycles. The lowest BCUT2D eigenvalue weighted by Gasteiger charge is -2.59. The summed E-state index contributed by atoms with van der Waals surface area (Å²) < 4.78 is 26.8. The van der Waals surface area contributed by atoms with Gasteiger partial charge in [0.2, 0.25) is 5.79 Å². The molecule has 0 bridgehead atoms. The first-order valence-electron chi connectivity index (χ1n) is 20.3. The second-order valence-electron chi connectivity index (χ2n) is 15.0. The zero-order valence-corrected chi connectivity index (χ0v) is 34.3. The number of hydrogen-bond acceptors (Lipinski definition) is 10. The molecule has 2 N–H and O–H groups in total. The molecular weight excluding hydrogens is 741 g/mol. The number of allylic oxidation sites excluding steroid dienone is 1. The van der Waals surface area contributed by atoms with Crippen molar-refractivity contribution in [2.24, 2.45) is 22.9 Å². The molecule has 0 spiro atoms. The maximum atomic E-state index is 14.4. The zero-order chi connectivity index (χ0) is 40.2. The van der Waals surface area contributed by atoms with Crippen molar-refractivity contribution in [2.75, 3.05) is 39.7 Å². The van der Waals surface area contributed by atoms with Crippen molar-refractivity contribution in [1.82, 2.24) is 4.90 Å². The van der Waals surface area contributed by atoms with Crippen LogP contribution in [-0.4, -0.2) is 78.5 Å². The zero-order valence-electron chi connectivity index (χ0n) is 33.5. The lowest BCUT2D eigenvalue weighted by Crippen LogP contribution is -2.70. The molecule has 0 saturated heterocycles. The van der Waals surface area contributed by atoms with Gasteiger partial charge in [0.25, 0.3) is 0 Å². The van der Waals surface area contributed by atoms with E-state index in [0.29, 0.717) is 43.7 Å². The van der Waals surface area contributed by atoms with E-state index in [4.69, 9.17) is 23.8 Å². The molecule has 6 atom stereocenters. The van der Waals surface area contributed by atoms with Crippen LogP contribution >= 0.6 is 11.8 Å². The van der Waals surface area contributed by atoms with E-state index in [1.165, 1.54) is 0 Å². The monoisotopic (exact) mass is 798 g/mol. The number of carbonyl (C=O) groups excluding carboxylic acids is 1. The second-order valence-corrected chi connectivity index (χ2v) is 15.8. The van der Waals surface area contributed by atoms with Crippen molar-refractivity contribution in [2.45, 2.75) is 87.5 Å². The first kappa shape index (κ1) is 42.3. The summed E-state index contributed by atoms with van der Waals surface area (Å²) in [6, 6.07) is 23.0. The van der Waals surface area contributed by atoms with E-state index in [1.807, 2.05) is 79.9 Å². The van der Waals surface area contributed by atoms with Crippen LogP contribution in [-0.2, 0) is 20.9 Å². The Balaban J connectivity index is 1.53. The van der Waals surface area contributed by atoms with E-state index in [2.05, 4.69) is 23.9 Å². The fourth-order valence-corrected chi connectivity index (χ4v) is 9.43. The Morgan fingerprint density at radius 1 is 1.02 bits per heavy atom. The van der Waals surface area contributed by atoms with Gasteiger partial charge in [-0.2, -0.15) is 0 Å². The maximum Gasteiger partial charge on any atom is 0.410 e. The van der Waals surface area contributed by atoms with Crippen molar-refractivity contribution >= 4 is 23.6 Å². The molecule has 0 unspecified atom stereocenters. The van der Waals surface area contributed by atoms with Gasteiger partial charge in [-0.25, -0.2) is 4.79 Å². The first-order chi connectivity index (χ1) is 27.9. The number of fused-ring (bicyclic) bond motifs is 2. The van der Waals surface area contributed by atoms with Crippen LogP contribution in [0.5, 0.6) is 17.2 Å². The van der Waals surface area contributed by atoms with Crippen molar-refractivity contribution in [1.29, 1.82) is 0 Å². The molecule has 3 aliphatic rings. The molecule has 10 nitrogen and oxygen atoms in total. The SMILES string of the molecule is C=CCO[C@@]12Oc3ccc(Oc4ccc(SC)cc4)cc3[C@H]3[C@H](CCCCO)[C@@H](CCCCO)C=C(C(=NOC)C[C@@H]1N(CCC)C(=O)OCc1ccccc1)[C@H]32. The lowest BCUT2D eigenvalue weighted by molar-refractivity contribution is -0.255. The third-order valence-corrected chi connectivity index (χ3v) is 12.2. The number of carbonyl (C=O) groups is 1. The summed E-state index contributed by atoms with van der Waals surface area (Å²) in [5.41, 5.74) is 3.60. The number of hydrogen-bond donors (Lipinski definition) is 2. The van der Waals surface area contributed by atoms with Crippen LogP contribution in [0.25, 0.3) is 0 Å². The van der Waals surface area contributed by atoms with Crippen molar-refractivity contribution in [3.8, 4) is 17.2 Å². The smallest absolute Gasteiger partial charge is 0.410 e. The second kappa shape index (κ2) is 20.4. The van der Waals surface area contributed by atoms with Gasteiger partial charge in [0.1, 0.15) is 37.0 Å². The number of aliphatic hydroxyl groups is 2. The molecule has 306 valence electrons. The van der Waals surface area contributed by atoms with Gasteiger partial charge in [0.15, 0.2) is 0 Å². The van der Waals surface area contributed by atoms with Crippen LogP contribution in [0.3, 0.4) is 0 Å². The molecule has 0 aromatic heterocycles. The van der Waals surface area contributed by atoms with Crippen LogP contribution in [0.4, 0.5) is 4.79 Å². The summed E-state index contributed by atoms with van der Waals surface area (Å²) in [5, 5.41) is 24.4. The molecule has 2 aliphatic carbocycles. The molecule has 3 aromatic carbocycles. The molecule has 11 heteroatoms. The number of thioether (sulfide) groups is 1. The van der Waals surface area contributed by atoms with Gasteiger partial charge in [0.05, 0.1) is 18.2 Å². The van der Waals surface area contributed by atoms with E-state index in [0.717, 1.165) is 58.7 Å². The minimum Gasteiger partial charge on any atom is -0.459 e. The highest BCUT2D eigenvalue weighted by molar-refractivity contribution is 7.98. The Labute approximate surface area is 341 Å². The van der Waals surface area contributed by atoms with Gasteiger partial charge in [-0.15, -0.1) is 18.3 Å². The third-order valence-electron chi connectivity index (χ3n) is 11.4. The van der Waals surface area contributed by atoms with Crippen LogP contribution in [0, 0.1) is 17.8 Å². The largest absolute Gasteiger partial charge is 0.459 e. The number of oxime groups is 1.